The van der Waals surface area contributed by atoms with Crippen molar-refractivity contribution in [2.45, 2.75) is 18.9 Å². The van der Waals surface area contributed by atoms with Gasteiger partial charge in [0.05, 0.1) is 17.6 Å². The van der Waals surface area contributed by atoms with Gasteiger partial charge in [0.25, 0.3) is 5.91 Å². The smallest absolute Gasteiger partial charge is 0.253 e. The number of amides is 1. The fourth-order valence-corrected chi connectivity index (χ4v) is 3.66. The minimum absolute atomic E-state index is 0.0971. The molecular formula is C22H24N4O. The van der Waals surface area contributed by atoms with Gasteiger partial charge in [-0.05, 0) is 44.2 Å². The first-order valence-corrected chi connectivity index (χ1v) is 9.42. The molecule has 5 nitrogen and oxygen atoms in total. The molecule has 0 spiro atoms. The summed E-state index contributed by atoms with van der Waals surface area (Å²) in [4.78, 5) is 14.9. The summed E-state index contributed by atoms with van der Waals surface area (Å²) < 4.78 is 1.89. The Labute approximate surface area is 159 Å². The van der Waals surface area contributed by atoms with Crippen molar-refractivity contribution in [2.75, 3.05) is 20.1 Å². The first-order chi connectivity index (χ1) is 13.3. The normalized spacial score (nSPS) is 15.1. The van der Waals surface area contributed by atoms with Gasteiger partial charge in [-0.25, -0.2) is 4.68 Å². The Balaban J connectivity index is 1.59. The molecule has 1 aromatic heterocycles. The molecule has 1 fully saturated rings. The van der Waals surface area contributed by atoms with E-state index in [0.717, 1.165) is 42.9 Å². The summed E-state index contributed by atoms with van der Waals surface area (Å²) in [6.07, 6.45) is 3.79. The van der Waals surface area contributed by atoms with Gasteiger partial charge in [0, 0.05) is 30.3 Å². The van der Waals surface area contributed by atoms with E-state index < -0.39 is 0 Å². The van der Waals surface area contributed by atoms with E-state index >= 15 is 0 Å². The average molecular weight is 360 g/mol. The molecule has 1 amide bonds. The number of nitrogens with zero attached hydrogens (tertiary/aromatic N) is 3. The van der Waals surface area contributed by atoms with E-state index in [9.17, 15) is 4.79 Å². The molecular weight excluding hydrogens is 336 g/mol. The highest BCUT2D eigenvalue weighted by atomic mass is 16.2. The van der Waals surface area contributed by atoms with Crippen molar-refractivity contribution in [3.63, 3.8) is 0 Å². The van der Waals surface area contributed by atoms with E-state index in [4.69, 9.17) is 0 Å². The van der Waals surface area contributed by atoms with Crippen LogP contribution in [0.1, 0.15) is 23.2 Å². The quantitative estimate of drug-likeness (QED) is 0.776. The second kappa shape index (κ2) is 7.76. The first-order valence-electron chi connectivity index (χ1n) is 9.42. The third-order valence-electron chi connectivity index (χ3n) is 5.24. The Kier molecular flexibility index (Phi) is 5.03. The highest BCUT2D eigenvalue weighted by molar-refractivity contribution is 5.94. The van der Waals surface area contributed by atoms with Gasteiger partial charge in [0.2, 0.25) is 0 Å². The zero-order valence-electron chi connectivity index (χ0n) is 15.5. The molecule has 0 radical (unpaired) electrons. The van der Waals surface area contributed by atoms with Crippen LogP contribution in [-0.2, 0) is 0 Å². The summed E-state index contributed by atoms with van der Waals surface area (Å²) in [5.74, 6) is 0.0971. The van der Waals surface area contributed by atoms with Crippen molar-refractivity contribution in [1.29, 1.82) is 0 Å². The molecule has 0 aliphatic carbocycles. The molecule has 0 bridgehead atoms. The predicted molar refractivity (Wildman–Crippen MR) is 107 cm³/mol. The summed E-state index contributed by atoms with van der Waals surface area (Å²) in [7, 11) is 1.99. The lowest BCUT2D eigenvalue weighted by molar-refractivity contribution is 0.0707. The summed E-state index contributed by atoms with van der Waals surface area (Å²) in [6.45, 7) is 1.59. The third-order valence-corrected chi connectivity index (χ3v) is 5.24. The zero-order valence-corrected chi connectivity index (χ0v) is 15.5. The molecule has 1 aliphatic rings. The molecule has 3 aromatic rings. The molecule has 0 saturated carbocycles. The van der Waals surface area contributed by atoms with Gasteiger partial charge in [0.15, 0.2) is 0 Å². The van der Waals surface area contributed by atoms with Gasteiger partial charge in [-0.2, -0.15) is 5.10 Å². The molecule has 1 saturated heterocycles. The lowest BCUT2D eigenvalue weighted by Crippen LogP contribution is -2.43. The molecule has 2 aromatic carbocycles. The summed E-state index contributed by atoms with van der Waals surface area (Å²) in [5, 5.41) is 7.78. The molecule has 1 N–H and O–H groups in total. The van der Waals surface area contributed by atoms with Crippen LogP contribution in [0.15, 0.2) is 66.9 Å². The molecule has 27 heavy (non-hydrogen) atoms. The Morgan fingerprint density at radius 3 is 2.56 bits per heavy atom. The zero-order chi connectivity index (χ0) is 18.6. The lowest BCUT2D eigenvalue weighted by atomic mass is 10.0. The van der Waals surface area contributed by atoms with Crippen molar-refractivity contribution < 1.29 is 4.79 Å². The molecule has 5 heteroatoms. The molecule has 138 valence electrons. The van der Waals surface area contributed by atoms with Crippen molar-refractivity contribution in [2.24, 2.45) is 0 Å². The number of nitrogens with one attached hydrogen (secondary N) is 1. The van der Waals surface area contributed by atoms with Crippen molar-refractivity contribution in [3.05, 3.63) is 72.4 Å². The number of aromatic nitrogens is 2. The number of hydrogen-bond acceptors (Lipinski definition) is 3. The highest BCUT2D eigenvalue weighted by Gasteiger charge is 2.23. The largest absolute Gasteiger partial charge is 0.339 e. The topological polar surface area (TPSA) is 50.2 Å². The molecule has 4 rings (SSSR count). The van der Waals surface area contributed by atoms with Crippen LogP contribution in [0.3, 0.4) is 0 Å². The fraction of sp³-hybridized carbons (Fsp3) is 0.273. The Morgan fingerprint density at radius 2 is 1.81 bits per heavy atom. The number of piperidine rings is 1. The van der Waals surface area contributed by atoms with Crippen molar-refractivity contribution in [1.82, 2.24) is 20.0 Å². The van der Waals surface area contributed by atoms with E-state index in [1.54, 1.807) is 6.20 Å². The van der Waals surface area contributed by atoms with Crippen LogP contribution < -0.4 is 5.32 Å². The van der Waals surface area contributed by atoms with Gasteiger partial charge >= 0.3 is 0 Å². The number of carbonyl (C=O) groups is 1. The maximum Gasteiger partial charge on any atom is 0.253 e. The van der Waals surface area contributed by atoms with Gasteiger partial charge < -0.3 is 10.2 Å². The number of likely N-dealkylation sites (tertiary alicyclic amines) is 1. The Morgan fingerprint density at radius 1 is 1.04 bits per heavy atom. The maximum atomic E-state index is 12.9. The third kappa shape index (κ3) is 3.64. The minimum atomic E-state index is 0.0971. The molecule has 2 heterocycles. The summed E-state index contributed by atoms with van der Waals surface area (Å²) in [5.41, 5.74) is 3.72. The Hall–Kier alpha value is -2.92. The summed E-state index contributed by atoms with van der Waals surface area (Å²) in [6, 6.07) is 20.4. The molecule has 1 aliphatic heterocycles. The van der Waals surface area contributed by atoms with Crippen LogP contribution in [0.5, 0.6) is 0 Å². The standard InChI is InChI=1S/C22H24N4O/c1-23-19-11-14-25(15-12-19)22(27)18-8-5-9-20(16-18)26-21(10-13-24-26)17-6-3-2-4-7-17/h2-10,13,16,19,23H,11-12,14-15H2,1H3. The van der Waals surface area contributed by atoms with E-state index in [1.807, 2.05) is 65.2 Å². The fourth-order valence-electron chi connectivity index (χ4n) is 3.66. The first kappa shape index (κ1) is 17.5. The predicted octanol–water partition coefficient (Wildman–Crippen LogP) is 3.36. The number of carbonyl (C=O) groups excluding carboxylic acids is 1. The van der Waals surface area contributed by atoms with Crippen LogP contribution in [0.2, 0.25) is 0 Å². The highest BCUT2D eigenvalue weighted by Crippen LogP contribution is 2.23. The van der Waals surface area contributed by atoms with E-state index in [1.165, 1.54) is 0 Å². The van der Waals surface area contributed by atoms with Crippen LogP contribution in [0.25, 0.3) is 16.9 Å². The van der Waals surface area contributed by atoms with Gasteiger partial charge in [0.1, 0.15) is 0 Å². The lowest BCUT2D eigenvalue weighted by Gasteiger charge is -2.32. The van der Waals surface area contributed by atoms with E-state index in [-0.39, 0.29) is 5.91 Å². The van der Waals surface area contributed by atoms with Crippen molar-refractivity contribution >= 4 is 5.91 Å². The van der Waals surface area contributed by atoms with Crippen LogP contribution in [-0.4, -0.2) is 46.8 Å². The second-order valence-corrected chi connectivity index (χ2v) is 6.90. The maximum absolute atomic E-state index is 12.9. The van der Waals surface area contributed by atoms with E-state index in [2.05, 4.69) is 22.5 Å². The number of benzene rings is 2. The average Bonchev–Trinajstić information content (AvgIpc) is 3.24. The second-order valence-electron chi connectivity index (χ2n) is 6.90. The molecule has 0 unspecified atom stereocenters. The van der Waals surface area contributed by atoms with E-state index in [0.29, 0.717) is 11.6 Å². The van der Waals surface area contributed by atoms with Gasteiger partial charge in [-0.3, -0.25) is 4.79 Å². The molecule has 0 atom stereocenters. The summed E-state index contributed by atoms with van der Waals surface area (Å²) >= 11 is 0. The van der Waals surface area contributed by atoms with Crippen LogP contribution in [0, 0.1) is 0 Å². The number of rotatable bonds is 4. The SMILES string of the molecule is CNC1CCN(C(=O)c2cccc(-n3nccc3-c3ccccc3)c2)CC1. The monoisotopic (exact) mass is 360 g/mol. The van der Waals surface area contributed by atoms with Crippen molar-refractivity contribution in [3.8, 4) is 16.9 Å². The minimum Gasteiger partial charge on any atom is -0.339 e. The van der Waals surface area contributed by atoms with Crippen LogP contribution >= 0.6 is 0 Å². The van der Waals surface area contributed by atoms with Gasteiger partial charge in [-0.15, -0.1) is 0 Å². The van der Waals surface area contributed by atoms with Gasteiger partial charge in [-0.1, -0.05) is 36.4 Å². The number of hydrogen-bond donors (Lipinski definition) is 1. The van der Waals surface area contributed by atoms with Crippen LogP contribution in [0.4, 0.5) is 0 Å². The Bertz CT molecular complexity index is 911.